The van der Waals surface area contributed by atoms with Gasteiger partial charge in [0, 0.05) is 35.7 Å². The van der Waals surface area contributed by atoms with Crippen LogP contribution in [0.15, 0.2) is 78.9 Å². The summed E-state index contributed by atoms with van der Waals surface area (Å²) in [5.74, 6) is -0.595. The Kier molecular flexibility index (Phi) is 9.49. The molecule has 1 aliphatic carbocycles. The summed E-state index contributed by atoms with van der Waals surface area (Å²) in [4.78, 5) is 40.4. The van der Waals surface area contributed by atoms with Crippen LogP contribution < -0.4 is 5.32 Å². The van der Waals surface area contributed by atoms with Gasteiger partial charge in [0.1, 0.15) is 6.04 Å². The Morgan fingerprint density at radius 2 is 1.55 bits per heavy atom. The van der Waals surface area contributed by atoms with E-state index in [1.807, 2.05) is 48.5 Å². The van der Waals surface area contributed by atoms with Crippen LogP contribution >= 0.6 is 11.6 Å². The molecule has 2 amide bonds. The van der Waals surface area contributed by atoms with Crippen molar-refractivity contribution >= 4 is 29.1 Å². The van der Waals surface area contributed by atoms with Gasteiger partial charge in [0.05, 0.1) is 11.3 Å². The third kappa shape index (κ3) is 7.19. The van der Waals surface area contributed by atoms with Crippen molar-refractivity contribution in [2.75, 3.05) is 0 Å². The molecule has 4 rings (SSSR count). The number of carbonyl (C=O) groups is 2. The molecule has 1 fully saturated rings. The van der Waals surface area contributed by atoms with Gasteiger partial charge < -0.3 is 10.2 Å². The number of para-hydroxylation sites is 1. The molecule has 198 valence electrons. The summed E-state index contributed by atoms with van der Waals surface area (Å²) in [6, 6.07) is 22.3. The van der Waals surface area contributed by atoms with Gasteiger partial charge >= 0.3 is 0 Å². The first-order valence-corrected chi connectivity index (χ1v) is 13.4. The van der Waals surface area contributed by atoms with Gasteiger partial charge in [-0.2, -0.15) is 0 Å². The van der Waals surface area contributed by atoms with E-state index in [9.17, 15) is 19.7 Å². The molecule has 1 atom stereocenters. The minimum absolute atomic E-state index is 0.0713. The molecule has 1 aliphatic rings. The maximum absolute atomic E-state index is 13.9. The quantitative estimate of drug-likeness (QED) is 0.260. The van der Waals surface area contributed by atoms with E-state index in [-0.39, 0.29) is 36.5 Å². The molecular weight excluding hydrogens is 502 g/mol. The van der Waals surface area contributed by atoms with Crippen LogP contribution in [0.2, 0.25) is 5.02 Å². The van der Waals surface area contributed by atoms with E-state index >= 15 is 0 Å². The largest absolute Gasteiger partial charge is 0.352 e. The number of carbonyl (C=O) groups excluding carboxylic acids is 2. The second-order valence-electron chi connectivity index (χ2n) is 9.72. The van der Waals surface area contributed by atoms with Crippen LogP contribution in [-0.4, -0.2) is 33.7 Å². The highest BCUT2D eigenvalue weighted by molar-refractivity contribution is 6.31. The lowest BCUT2D eigenvalue weighted by Gasteiger charge is -2.33. The predicted octanol–water partition coefficient (Wildman–Crippen LogP) is 5.88. The fourth-order valence-corrected chi connectivity index (χ4v) is 5.21. The van der Waals surface area contributed by atoms with Gasteiger partial charge in [0.15, 0.2) is 0 Å². The van der Waals surface area contributed by atoms with Crippen molar-refractivity contribution in [2.45, 2.75) is 63.6 Å². The van der Waals surface area contributed by atoms with Gasteiger partial charge in [0.2, 0.25) is 11.8 Å². The van der Waals surface area contributed by atoms with Crippen LogP contribution in [0, 0.1) is 10.1 Å². The minimum atomic E-state index is -0.814. The molecule has 3 aromatic carbocycles. The molecule has 0 bridgehead atoms. The number of amides is 2. The van der Waals surface area contributed by atoms with Gasteiger partial charge in [-0.25, -0.2) is 0 Å². The molecule has 1 saturated carbocycles. The minimum Gasteiger partial charge on any atom is -0.352 e. The summed E-state index contributed by atoms with van der Waals surface area (Å²) in [5, 5.41) is 15.3. The van der Waals surface area contributed by atoms with Crippen molar-refractivity contribution in [3.05, 3.63) is 111 Å². The molecule has 0 aliphatic heterocycles. The molecule has 0 aromatic heterocycles. The fourth-order valence-electron chi connectivity index (χ4n) is 5.01. The van der Waals surface area contributed by atoms with Crippen molar-refractivity contribution in [3.8, 4) is 0 Å². The van der Waals surface area contributed by atoms with Gasteiger partial charge in [-0.15, -0.1) is 0 Å². The summed E-state index contributed by atoms with van der Waals surface area (Å²) < 4.78 is 0. The zero-order valence-electron chi connectivity index (χ0n) is 21.2. The van der Waals surface area contributed by atoms with E-state index in [0.717, 1.165) is 37.7 Å². The summed E-state index contributed by atoms with van der Waals surface area (Å²) >= 11 is 6.47. The Morgan fingerprint density at radius 1 is 0.921 bits per heavy atom. The molecule has 0 spiro atoms. The SMILES string of the molecule is O=C(NC1CCCCC1)[C@@H](Cc1ccccc1)N(Cc1ccccc1Cl)C(=O)Cc1ccccc1[N+](=O)[O-]. The Balaban J connectivity index is 1.70. The summed E-state index contributed by atoms with van der Waals surface area (Å²) in [5.41, 5.74) is 1.80. The highest BCUT2D eigenvalue weighted by Crippen LogP contribution is 2.24. The summed E-state index contributed by atoms with van der Waals surface area (Å²) in [7, 11) is 0. The number of nitro groups is 1. The third-order valence-electron chi connectivity index (χ3n) is 7.05. The molecule has 38 heavy (non-hydrogen) atoms. The van der Waals surface area contributed by atoms with Crippen LogP contribution in [0.25, 0.3) is 0 Å². The lowest BCUT2D eigenvalue weighted by atomic mass is 9.94. The molecule has 0 radical (unpaired) electrons. The van der Waals surface area contributed by atoms with Crippen molar-refractivity contribution < 1.29 is 14.5 Å². The van der Waals surface area contributed by atoms with E-state index in [2.05, 4.69) is 5.32 Å². The van der Waals surface area contributed by atoms with E-state index in [1.54, 1.807) is 24.3 Å². The Labute approximate surface area is 228 Å². The van der Waals surface area contributed by atoms with Crippen molar-refractivity contribution in [1.29, 1.82) is 0 Å². The van der Waals surface area contributed by atoms with Crippen LogP contribution in [0.3, 0.4) is 0 Å². The van der Waals surface area contributed by atoms with E-state index in [4.69, 9.17) is 11.6 Å². The van der Waals surface area contributed by atoms with Gasteiger partial charge in [-0.3, -0.25) is 19.7 Å². The average molecular weight is 534 g/mol. The van der Waals surface area contributed by atoms with E-state index in [0.29, 0.717) is 22.6 Å². The van der Waals surface area contributed by atoms with Gasteiger partial charge in [-0.1, -0.05) is 97.6 Å². The maximum Gasteiger partial charge on any atom is 0.273 e. The number of hydrogen-bond donors (Lipinski definition) is 1. The second-order valence-corrected chi connectivity index (χ2v) is 10.1. The normalized spacial score (nSPS) is 14.4. The molecule has 8 heteroatoms. The number of benzene rings is 3. The molecule has 0 heterocycles. The van der Waals surface area contributed by atoms with Crippen LogP contribution in [0.4, 0.5) is 5.69 Å². The Hall–Kier alpha value is -3.71. The lowest BCUT2D eigenvalue weighted by molar-refractivity contribution is -0.385. The number of rotatable bonds is 10. The molecule has 0 saturated heterocycles. The standard InChI is InChI=1S/C30H32ClN3O4/c31-26-17-9-7-14-24(26)21-33(29(35)20-23-13-8-10-18-27(23)34(37)38)28(19-22-11-3-1-4-12-22)30(36)32-25-15-5-2-6-16-25/h1,3-4,7-14,17-18,25,28H,2,5-6,15-16,19-21H2,(H,32,36)/t28-/m1/s1. The fraction of sp³-hybridized carbons (Fsp3) is 0.333. The first kappa shape index (κ1) is 27.3. The zero-order valence-corrected chi connectivity index (χ0v) is 22.0. The maximum atomic E-state index is 13.9. The first-order valence-electron chi connectivity index (χ1n) is 13.0. The molecule has 0 unspecified atom stereocenters. The van der Waals surface area contributed by atoms with Gasteiger partial charge in [-0.05, 0) is 30.0 Å². The average Bonchev–Trinajstić information content (AvgIpc) is 2.93. The van der Waals surface area contributed by atoms with Crippen LogP contribution in [0.1, 0.15) is 48.8 Å². The monoisotopic (exact) mass is 533 g/mol. The predicted molar refractivity (Wildman–Crippen MR) is 148 cm³/mol. The van der Waals surface area contributed by atoms with Crippen LogP contribution in [0.5, 0.6) is 0 Å². The number of nitrogens with one attached hydrogen (secondary N) is 1. The highest BCUT2D eigenvalue weighted by Gasteiger charge is 2.33. The first-order chi connectivity index (χ1) is 18.4. The molecule has 1 N–H and O–H groups in total. The lowest BCUT2D eigenvalue weighted by Crippen LogP contribution is -2.53. The van der Waals surface area contributed by atoms with Crippen LogP contribution in [-0.2, 0) is 29.0 Å². The smallest absolute Gasteiger partial charge is 0.273 e. The molecule has 7 nitrogen and oxygen atoms in total. The third-order valence-corrected chi connectivity index (χ3v) is 7.42. The van der Waals surface area contributed by atoms with Crippen molar-refractivity contribution in [2.24, 2.45) is 0 Å². The summed E-state index contributed by atoms with van der Waals surface area (Å²) in [6.45, 7) is 0.106. The van der Waals surface area contributed by atoms with E-state index < -0.39 is 11.0 Å². The van der Waals surface area contributed by atoms with Crippen molar-refractivity contribution in [3.63, 3.8) is 0 Å². The van der Waals surface area contributed by atoms with Gasteiger partial charge in [0.25, 0.3) is 5.69 Å². The summed E-state index contributed by atoms with van der Waals surface area (Å²) in [6.07, 6.45) is 5.22. The Morgan fingerprint density at radius 3 is 2.24 bits per heavy atom. The Bertz CT molecular complexity index is 1260. The van der Waals surface area contributed by atoms with E-state index in [1.165, 1.54) is 11.0 Å². The zero-order chi connectivity index (χ0) is 26.9. The molecular formula is C30H32ClN3O4. The number of nitrogens with zero attached hydrogens (tertiary/aromatic N) is 2. The van der Waals surface area contributed by atoms with Crippen molar-refractivity contribution in [1.82, 2.24) is 10.2 Å². The highest BCUT2D eigenvalue weighted by atomic mass is 35.5. The topological polar surface area (TPSA) is 92.6 Å². The second kappa shape index (κ2) is 13.2. The number of halogens is 1. The number of nitro benzene ring substituents is 1. The number of hydrogen-bond acceptors (Lipinski definition) is 4. The molecule has 3 aromatic rings.